The molecule has 3 atom stereocenters. The molecule has 3 aliphatic rings. The minimum absolute atomic E-state index is 0.132. The van der Waals surface area contributed by atoms with Crippen molar-refractivity contribution >= 4 is 15.7 Å². The van der Waals surface area contributed by atoms with Gasteiger partial charge in [-0.2, -0.15) is 0 Å². The summed E-state index contributed by atoms with van der Waals surface area (Å²) in [5.41, 5.74) is 0. The maximum Gasteiger partial charge on any atom is 0.200 e. The summed E-state index contributed by atoms with van der Waals surface area (Å²) in [6.45, 7) is 2.24. The molecule has 1 saturated heterocycles. The third-order valence-electron chi connectivity index (χ3n) is 5.93. The summed E-state index contributed by atoms with van der Waals surface area (Å²) in [6, 6.07) is 3.82. The average molecular weight is 350 g/mol. The predicted molar refractivity (Wildman–Crippen MR) is 92.6 cm³/mol. The van der Waals surface area contributed by atoms with E-state index in [1.54, 1.807) is 12.1 Å². The second kappa shape index (κ2) is 6.59. The van der Waals surface area contributed by atoms with E-state index in [2.05, 4.69) is 20.8 Å². The summed E-state index contributed by atoms with van der Waals surface area (Å²) in [5.74, 6) is 2.22. The molecule has 0 radical (unpaired) electrons. The van der Waals surface area contributed by atoms with Gasteiger partial charge in [0, 0.05) is 6.04 Å². The van der Waals surface area contributed by atoms with Gasteiger partial charge in [-0.25, -0.2) is 8.42 Å². The van der Waals surface area contributed by atoms with Crippen molar-refractivity contribution in [1.29, 1.82) is 0 Å². The lowest BCUT2D eigenvalue weighted by atomic mass is 10.0. The van der Waals surface area contributed by atoms with Crippen LogP contribution in [0.4, 0.5) is 5.82 Å². The van der Waals surface area contributed by atoms with E-state index in [0.717, 1.165) is 69.9 Å². The lowest BCUT2D eigenvalue weighted by molar-refractivity contribution is 0.481. The molecule has 132 valence electrons. The Morgan fingerprint density at radius 2 is 1.71 bits per heavy atom. The van der Waals surface area contributed by atoms with Crippen LogP contribution in [0.3, 0.4) is 0 Å². The molecule has 4 rings (SSSR count). The number of anilines is 1. The van der Waals surface area contributed by atoms with Gasteiger partial charge in [0.05, 0.1) is 5.25 Å². The molecule has 24 heavy (non-hydrogen) atoms. The molecule has 0 spiro atoms. The monoisotopic (exact) mass is 350 g/mol. The van der Waals surface area contributed by atoms with Crippen LogP contribution in [0.25, 0.3) is 0 Å². The largest absolute Gasteiger partial charge is 0.366 e. The van der Waals surface area contributed by atoms with Gasteiger partial charge in [-0.15, -0.1) is 10.2 Å². The molecule has 0 bridgehead atoms. The van der Waals surface area contributed by atoms with Crippen molar-refractivity contribution in [3.63, 3.8) is 0 Å². The molecular weight excluding hydrogens is 324 g/mol. The third kappa shape index (κ3) is 3.16. The van der Waals surface area contributed by atoms with E-state index in [1.807, 2.05) is 0 Å². The normalized spacial score (nSPS) is 31.1. The van der Waals surface area contributed by atoms with Gasteiger partial charge >= 0.3 is 0 Å². The fraction of sp³-hybridized carbons (Fsp3) is 0.765. The first-order chi connectivity index (χ1) is 11.6. The standard InChI is InChI=1S/C17H26N4O2S/c22-24(23,15-4-2-1-3-5-15)17-7-6-16(20-21-17)19-14-8-12-10-18-11-13(12)9-14/h6-7,12-15,18H,1-5,8-11H2,(H,19,20)/t12-,13+,14+. The molecule has 2 aliphatic carbocycles. The minimum Gasteiger partial charge on any atom is -0.366 e. The SMILES string of the molecule is O=S(=O)(c1ccc(N[C@@H]2C[C@H]3CNC[C@H]3C2)nn1)C1CCCCC1. The van der Waals surface area contributed by atoms with E-state index >= 15 is 0 Å². The van der Waals surface area contributed by atoms with Gasteiger partial charge in [-0.1, -0.05) is 19.3 Å². The highest BCUT2D eigenvalue weighted by Crippen LogP contribution is 2.35. The van der Waals surface area contributed by atoms with Crippen LogP contribution in [-0.4, -0.2) is 43.0 Å². The van der Waals surface area contributed by atoms with Gasteiger partial charge in [-0.05, 0) is 62.7 Å². The van der Waals surface area contributed by atoms with Crippen LogP contribution in [0.1, 0.15) is 44.9 Å². The molecule has 2 N–H and O–H groups in total. The molecule has 0 amide bonds. The van der Waals surface area contributed by atoms with E-state index in [0.29, 0.717) is 11.9 Å². The zero-order valence-electron chi connectivity index (χ0n) is 13.9. The van der Waals surface area contributed by atoms with E-state index in [-0.39, 0.29) is 10.3 Å². The highest BCUT2D eigenvalue weighted by atomic mass is 32.2. The maximum atomic E-state index is 12.6. The first-order valence-corrected chi connectivity index (χ1v) is 10.7. The van der Waals surface area contributed by atoms with Gasteiger partial charge < -0.3 is 10.6 Å². The fourth-order valence-corrected chi connectivity index (χ4v) is 6.30. The third-order valence-corrected chi connectivity index (χ3v) is 8.08. The molecule has 0 aromatic carbocycles. The molecule has 0 unspecified atom stereocenters. The summed E-state index contributed by atoms with van der Waals surface area (Å²) in [4.78, 5) is 0. The molecule has 1 aromatic rings. The van der Waals surface area contributed by atoms with Crippen molar-refractivity contribution < 1.29 is 8.42 Å². The molecular formula is C17H26N4O2S. The van der Waals surface area contributed by atoms with Gasteiger partial charge in [0.25, 0.3) is 0 Å². The number of hydrogen-bond donors (Lipinski definition) is 2. The van der Waals surface area contributed by atoms with E-state index in [4.69, 9.17) is 0 Å². The molecule has 6 nitrogen and oxygen atoms in total. The second-order valence-electron chi connectivity index (χ2n) is 7.55. The van der Waals surface area contributed by atoms with Gasteiger partial charge in [0.2, 0.25) is 0 Å². The fourth-order valence-electron chi connectivity index (χ4n) is 4.59. The molecule has 7 heteroatoms. The molecule has 2 heterocycles. The average Bonchev–Trinajstić information content (AvgIpc) is 3.18. The Labute approximate surface area is 143 Å². The number of fused-ring (bicyclic) bond motifs is 1. The Kier molecular flexibility index (Phi) is 4.47. The quantitative estimate of drug-likeness (QED) is 0.864. The number of nitrogens with zero attached hydrogens (tertiary/aromatic N) is 2. The van der Waals surface area contributed by atoms with Crippen molar-refractivity contribution in [3.05, 3.63) is 12.1 Å². The Bertz CT molecular complexity index is 658. The van der Waals surface area contributed by atoms with E-state index in [1.165, 1.54) is 0 Å². The first-order valence-electron chi connectivity index (χ1n) is 9.18. The molecule has 3 fully saturated rings. The highest BCUT2D eigenvalue weighted by Gasteiger charge is 2.37. The number of nitrogens with one attached hydrogen (secondary N) is 2. The highest BCUT2D eigenvalue weighted by molar-refractivity contribution is 7.92. The number of sulfone groups is 1. The van der Waals surface area contributed by atoms with Crippen molar-refractivity contribution in [3.8, 4) is 0 Å². The number of rotatable bonds is 4. The Morgan fingerprint density at radius 1 is 1.00 bits per heavy atom. The Balaban J connectivity index is 1.41. The molecule has 2 saturated carbocycles. The van der Waals surface area contributed by atoms with Crippen LogP contribution < -0.4 is 10.6 Å². The maximum absolute atomic E-state index is 12.6. The zero-order chi connectivity index (χ0) is 16.6. The Morgan fingerprint density at radius 3 is 2.33 bits per heavy atom. The van der Waals surface area contributed by atoms with Crippen molar-refractivity contribution in [2.45, 2.75) is 61.3 Å². The summed E-state index contributed by atoms with van der Waals surface area (Å²) < 4.78 is 25.3. The van der Waals surface area contributed by atoms with Gasteiger partial charge in [0.15, 0.2) is 14.9 Å². The van der Waals surface area contributed by atoms with Crippen LogP contribution >= 0.6 is 0 Å². The lowest BCUT2D eigenvalue weighted by Gasteiger charge is -2.21. The van der Waals surface area contributed by atoms with Crippen LogP contribution in [-0.2, 0) is 9.84 Å². The zero-order valence-corrected chi connectivity index (χ0v) is 14.8. The number of aromatic nitrogens is 2. The summed E-state index contributed by atoms with van der Waals surface area (Å²) in [7, 11) is -3.33. The molecule has 1 aromatic heterocycles. The topological polar surface area (TPSA) is 84.0 Å². The van der Waals surface area contributed by atoms with Crippen LogP contribution in [0.5, 0.6) is 0 Å². The smallest absolute Gasteiger partial charge is 0.200 e. The van der Waals surface area contributed by atoms with E-state index < -0.39 is 9.84 Å². The summed E-state index contributed by atoms with van der Waals surface area (Å²) >= 11 is 0. The van der Waals surface area contributed by atoms with Gasteiger partial charge in [-0.3, -0.25) is 0 Å². The number of hydrogen-bond acceptors (Lipinski definition) is 6. The van der Waals surface area contributed by atoms with Crippen molar-refractivity contribution in [1.82, 2.24) is 15.5 Å². The van der Waals surface area contributed by atoms with Gasteiger partial charge in [0.1, 0.15) is 5.82 Å². The van der Waals surface area contributed by atoms with E-state index in [9.17, 15) is 8.42 Å². The van der Waals surface area contributed by atoms with Crippen molar-refractivity contribution in [2.75, 3.05) is 18.4 Å². The predicted octanol–water partition coefficient (Wildman–Crippen LogP) is 1.99. The lowest BCUT2D eigenvalue weighted by Crippen LogP contribution is -2.25. The summed E-state index contributed by atoms with van der Waals surface area (Å²) in [5, 5.41) is 14.9. The first kappa shape index (κ1) is 16.3. The van der Waals surface area contributed by atoms with Crippen LogP contribution in [0, 0.1) is 11.8 Å². The minimum atomic E-state index is -3.33. The van der Waals surface area contributed by atoms with Crippen molar-refractivity contribution in [2.24, 2.45) is 11.8 Å². The van der Waals surface area contributed by atoms with Crippen LogP contribution in [0.15, 0.2) is 17.2 Å². The Hall–Kier alpha value is -1.21. The molecule has 1 aliphatic heterocycles. The summed E-state index contributed by atoms with van der Waals surface area (Å²) in [6.07, 6.45) is 6.94. The van der Waals surface area contributed by atoms with Crippen LogP contribution in [0.2, 0.25) is 0 Å². The second-order valence-corrected chi connectivity index (χ2v) is 9.73.